The Morgan fingerprint density at radius 3 is 2.45 bits per heavy atom. The number of aromatic hydroxyl groups is 1. The van der Waals surface area contributed by atoms with Crippen LogP contribution in [0.1, 0.15) is 5.56 Å². The van der Waals surface area contributed by atoms with Crippen LogP contribution in [0.5, 0.6) is 5.75 Å². The molecule has 0 saturated carbocycles. The molecule has 4 aromatic rings. The highest BCUT2D eigenvalue weighted by molar-refractivity contribution is 9.10. The van der Waals surface area contributed by atoms with Crippen LogP contribution in [0.2, 0.25) is 5.02 Å². The number of phenols is 1. The lowest BCUT2D eigenvalue weighted by atomic mass is 10.1. The van der Waals surface area contributed by atoms with E-state index in [-0.39, 0.29) is 9.92 Å². The van der Waals surface area contributed by atoms with Crippen molar-refractivity contribution in [2.45, 2.75) is 4.90 Å². The maximum absolute atomic E-state index is 13.6. The first-order chi connectivity index (χ1) is 13.8. The summed E-state index contributed by atoms with van der Waals surface area (Å²) in [6.07, 6.45) is 0. The van der Waals surface area contributed by atoms with Gasteiger partial charge in [-0.25, -0.2) is 12.4 Å². The Bertz CT molecular complexity index is 1410. The van der Waals surface area contributed by atoms with E-state index in [1.54, 1.807) is 48.5 Å². The molecule has 4 rings (SSSR count). The molecule has 0 atom stereocenters. The number of phenolic OH excluding ortho intramolecular Hbond substituents is 1. The van der Waals surface area contributed by atoms with E-state index in [0.717, 1.165) is 3.97 Å². The van der Waals surface area contributed by atoms with E-state index in [4.69, 9.17) is 11.6 Å². The van der Waals surface area contributed by atoms with Crippen LogP contribution < -0.4 is 0 Å². The van der Waals surface area contributed by atoms with Crippen molar-refractivity contribution in [3.05, 3.63) is 81.8 Å². The molecular weight excluding hydrogens is 476 g/mol. The molecule has 0 bridgehead atoms. The van der Waals surface area contributed by atoms with E-state index in [9.17, 15) is 18.8 Å². The molecule has 8 heteroatoms. The molecule has 0 aliphatic carbocycles. The Hall–Kier alpha value is -2.79. The van der Waals surface area contributed by atoms with Crippen LogP contribution in [0.4, 0.5) is 0 Å². The second kappa shape index (κ2) is 7.23. The monoisotopic (exact) mass is 486 g/mol. The SMILES string of the molecule is N#Cc1ccc2c(c1)cc(-c1ccccc1)n2S(=O)(=O)c1cc(Br)cc(Cl)c1O. The van der Waals surface area contributed by atoms with Crippen LogP contribution in [0.15, 0.2) is 76.1 Å². The van der Waals surface area contributed by atoms with E-state index in [1.165, 1.54) is 12.1 Å². The second-order valence-electron chi connectivity index (χ2n) is 6.28. The van der Waals surface area contributed by atoms with Crippen LogP contribution >= 0.6 is 27.5 Å². The van der Waals surface area contributed by atoms with Gasteiger partial charge in [-0.15, -0.1) is 0 Å². The lowest BCUT2D eigenvalue weighted by molar-refractivity contribution is 0.458. The van der Waals surface area contributed by atoms with Crippen molar-refractivity contribution in [2.24, 2.45) is 0 Å². The summed E-state index contributed by atoms with van der Waals surface area (Å²) in [7, 11) is -4.23. The quantitative estimate of drug-likeness (QED) is 0.411. The van der Waals surface area contributed by atoms with E-state index < -0.39 is 15.8 Å². The van der Waals surface area contributed by atoms with Gasteiger partial charge in [-0.3, -0.25) is 0 Å². The van der Waals surface area contributed by atoms with Gasteiger partial charge in [0.1, 0.15) is 4.90 Å². The number of halogens is 2. The summed E-state index contributed by atoms with van der Waals surface area (Å²) in [4.78, 5) is -0.323. The molecule has 0 aliphatic rings. The Kier molecular flexibility index (Phi) is 4.87. The molecule has 144 valence electrons. The standard InChI is InChI=1S/C21H12BrClN2O3S/c22-16-10-17(23)21(26)20(11-16)29(27,28)25-18-7-6-13(12-24)8-15(18)9-19(25)14-4-2-1-3-5-14/h1-11,26H. The Morgan fingerprint density at radius 2 is 1.76 bits per heavy atom. The van der Waals surface area contributed by atoms with Crippen molar-refractivity contribution < 1.29 is 13.5 Å². The molecule has 0 radical (unpaired) electrons. The summed E-state index contributed by atoms with van der Waals surface area (Å²) < 4.78 is 28.9. The van der Waals surface area contributed by atoms with Crippen molar-refractivity contribution in [1.82, 2.24) is 3.97 Å². The number of hydrogen-bond acceptors (Lipinski definition) is 4. The molecule has 0 saturated heterocycles. The third kappa shape index (κ3) is 3.29. The molecule has 0 unspecified atom stereocenters. The van der Waals surface area contributed by atoms with E-state index in [0.29, 0.717) is 32.2 Å². The highest BCUT2D eigenvalue weighted by Gasteiger charge is 2.28. The molecule has 0 amide bonds. The fraction of sp³-hybridized carbons (Fsp3) is 0. The largest absolute Gasteiger partial charge is 0.505 e. The number of benzene rings is 3. The fourth-order valence-corrected chi connectivity index (χ4v) is 5.85. The van der Waals surface area contributed by atoms with Crippen LogP contribution in [-0.4, -0.2) is 17.5 Å². The Morgan fingerprint density at radius 1 is 1.03 bits per heavy atom. The molecule has 5 nitrogen and oxygen atoms in total. The third-order valence-electron chi connectivity index (χ3n) is 4.47. The van der Waals surface area contributed by atoms with E-state index >= 15 is 0 Å². The molecule has 0 fully saturated rings. The Balaban J connectivity index is 2.11. The summed E-state index contributed by atoms with van der Waals surface area (Å²) in [5.41, 5.74) is 1.89. The first-order valence-corrected chi connectivity index (χ1v) is 11.0. The Labute approximate surface area is 180 Å². The zero-order valence-electron chi connectivity index (χ0n) is 14.7. The number of rotatable bonds is 3. The van der Waals surface area contributed by atoms with Crippen LogP contribution in [-0.2, 0) is 10.0 Å². The summed E-state index contributed by atoms with van der Waals surface area (Å²) in [5, 5.41) is 20.1. The van der Waals surface area contributed by atoms with Gasteiger partial charge in [0.15, 0.2) is 5.75 Å². The number of aromatic nitrogens is 1. The van der Waals surface area contributed by atoms with Gasteiger partial charge in [-0.2, -0.15) is 5.26 Å². The van der Waals surface area contributed by atoms with Gasteiger partial charge in [0, 0.05) is 9.86 Å². The summed E-state index contributed by atoms with van der Waals surface area (Å²) in [6, 6.07) is 20.3. The summed E-state index contributed by atoms with van der Waals surface area (Å²) >= 11 is 9.24. The van der Waals surface area contributed by atoms with Crippen molar-refractivity contribution in [1.29, 1.82) is 5.26 Å². The highest BCUT2D eigenvalue weighted by Crippen LogP contribution is 2.39. The molecule has 0 spiro atoms. The van der Waals surface area contributed by atoms with Crippen LogP contribution in [0.3, 0.4) is 0 Å². The predicted octanol–water partition coefficient (Wildman–Crippen LogP) is 5.54. The van der Waals surface area contributed by atoms with Gasteiger partial charge >= 0.3 is 0 Å². The van der Waals surface area contributed by atoms with Gasteiger partial charge in [0.05, 0.1) is 27.9 Å². The van der Waals surface area contributed by atoms with Gasteiger partial charge in [0.25, 0.3) is 10.0 Å². The number of fused-ring (bicyclic) bond motifs is 1. The molecular formula is C21H12BrClN2O3S. The number of nitriles is 1. The van der Waals surface area contributed by atoms with Crippen molar-refractivity contribution in [2.75, 3.05) is 0 Å². The first-order valence-electron chi connectivity index (χ1n) is 8.37. The van der Waals surface area contributed by atoms with Crippen molar-refractivity contribution >= 4 is 48.5 Å². The first kappa shape index (κ1) is 19.5. The third-order valence-corrected chi connectivity index (χ3v) is 6.95. The summed E-state index contributed by atoms with van der Waals surface area (Å²) in [6.45, 7) is 0. The lowest BCUT2D eigenvalue weighted by Crippen LogP contribution is -2.14. The molecule has 3 aromatic carbocycles. The fourth-order valence-electron chi connectivity index (χ4n) is 3.17. The maximum atomic E-state index is 13.6. The lowest BCUT2D eigenvalue weighted by Gasteiger charge is -2.14. The van der Waals surface area contributed by atoms with E-state index in [2.05, 4.69) is 22.0 Å². The number of nitrogens with zero attached hydrogens (tertiary/aromatic N) is 2. The zero-order valence-corrected chi connectivity index (χ0v) is 17.8. The highest BCUT2D eigenvalue weighted by atomic mass is 79.9. The van der Waals surface area contributed by atoms with Crippen LogP contribution in [0.25, 0.3) is 22.2 Å². The van der Waals surface area contributed by atoms with E-state index in [1.807, 2.05) is 6.07 Å². The molecule has 1 aromatic heterocycles. The number of hydrogen-bond donors (Lipinski definition) is 1. The molecule has 0 aliphatic heterocycles. The normalized spacial score (nSPS) is 11.5. The second-order valence-corrected chi connectivity index (χ2v) is 9.36. The average Bonchev–Trinajstić information content (AvgIpc) is 3.10. The minimum Gasteiger partial charge on any atom is -0.505 e. The van der Waals surface area contributed by atoms with Crippen molar-refractivity contribution in [3.8, 4) is 23.1 Å². The smallest absolute Gasteiger partial charge is 0.272 e. The molecule has 1 heterocycles. The topological polar surface area (TPSA) is 83.1 Å². The average molecular weight is 488 g/mol. The van der Waals surface area contributed by atoms with Crippen molar-refractivity contribution in [3.63, 3.8) is 0 Å². The van der Waals surface area contributed by atoms with Gasteiger partial charge in [-0.1, -0.05) is 57.9 Å². The molecule has 29 heavy (non-hydrogen) atoms. The summed E-state index contributed by atoms with van der Waals surface area (Å²) in [5.74, 6) is -0.524. The van der Waals surface area contributed by atoms with Gasteiger partial charge in [-0.05, 0) is 42.0 Å². The maximum Gasteiger partial charge on any atom is 0.272 e. The van der Waals surface area contributed by atoms with Crippen LogP contribution in [0, 0.1) is 11.3 Å². The molecule has 1 N–H and O–H groups in total. The van der Waals surface area contributed by atoms with Gasteiger partial charge < -0.3 is 5.11 Å². The minimum atomic E-state index is -4.23. The minimum absolute atomic E-state index is 0.0811. The zero-order chi connectivity index (χ0) is 20.8. The van der Waals surface area contributed by atoms with Gasteiger partial charge in [0.2, 0.25) is 0 Å². The predicted molar refractivity (Wildman–Crippen MR) is 115 cm³/mol.